The first-order valence-corrected chi connectivity index (χ1v) is 8.84. The Labute approximate surface area is 160 Å². The lowest BCUT2D eigenvalue weighted by atomic mass is 10.1. The summed E-state index contributed by atoms with van der Waals surface area (Å²) in [5.41, 5.74) is 2.05. The molecule has 7 heteroatoms. The van der Waals surface area contributed by atoms with E-state index in [9.17, 15) is 14.4 Å². The van der Waals surface area contributed by atoms with E-state index in [0.717, 1.165) is 11.1 Å². The Balaban J connectivity index is 1.60. The summed E-state index contributed by atoms with van der Waals surface area (Å²) in [6.07, 6.45) is 0.541. The zero-order valence-electron chi connectivity index (χ0n) is 13.8. The van der Waals surface area contributed by atoms with Gasteiger partial charge in [-0.3, -0.25) is 19.3 Å². The molecule has 0 aliphatic carbocycles. The summed E-state index contributed by atoms with van der Waals surface area (Å²) in [4.78, 5) is 36.8. The molecule has 134 valence electrons. The number of carbonyl (C=O) groups is 3. The maximum atomic E-state index is 12.3. The predicted octanol–water partition coefficient (Wildman–Crippen LogP) is 3.57. The zero-order chi connectivity index (χ0) is 18.7. The Hall–Kier alpha value is -2.37. The number of halogens is 2. The maximum absolute atomic E-state index is 12.3. The molecule has 5 nitrogen and oxygen atoms in total. The number of amides is 3. The molecular weight excluding hydrogens is 375 g/mol. The second-order valence-corrected chi connectivity index (χ2v) is 6.83. The van der Waals surface area contributed by atoms with Crippen molar-refractivity contribution < 1.29 is 14.4 Å². The number of hydrogen-bond acceptors (Lipinski definition) is 3. The molecule has 2 aromatic rings. The molecule has 0 radical (unpaired) electrons. The molecule has 2 aromatic carbocycles. The zero-order valence-corrected chi connectivity index (χ0v) is 15.3. The van der Waals surface area contributed by atoms with Gasteiger partial charge in [-0.15, -0.1) is 0 Å². The number of imide groups is 1. The Bertz CT molecular complexity index is 850. The van der Waals surface area contributed by atoms with Crippen molar-refractivity contribution in [1.29, 1.82) is 0 Å². The Morgan fingerprint density at radius 2 is 1.65 bits per heavy atom. The van der Waals surface area contributed by atoms with Crippen molar-refractivity contribution in [3.05, 3.63) is 69.2 Å². The third-order valence-corrected chi connectivity index (χ3v) is 4.75. The van der Waals surface area contributed by atoms with Gasteiger partial charge in [-0.2, -0.15) is 0 Å². The molecule has 1 N–H and O–H groups in total. The minimum atomic E-state index is -0.240. The monoisotopic (exact) mass is 390 g/mol. The fourth-order valence-electron chi connectivity index (χ4n) is 2.69. The van der Waals surface area contributed by atoms with E-state index < -0.39 is 0 Å². The molecule has 0 aromatic heterocycles. The lowest BCUT2D eigenvalue weighted by Gasteiger charge is -2.14. The van der Waals surface area contributed by atoms with Crippen molar-refractivity contribution in [2.24, 2.45) is 0 Å². The molecule has 26 heavy (non-hydrogen) atoms. The summed E-state index contributed by atoms with van der Waals surface area (Å²) in [5.74, 6) is -0.552. The molecule has 1 saturated heterocycles. The van der Waals surface area contributed by atoms with E-state index in [1.54, 1.807) is 42.5 Å². The van der Waals surface area contributed by atoms with Crippen LogP contribution in [-0.2, 0) is 22.7 Å². The summed E-state index contributed by atoms with van der Waals surface area (Å²) < 4.78 is 0. The molecule has 0 saturated carbocycles. The summed E-state index contributed by atoms with van der Waals surface area (Å²) >= 11 is 11.9. The Kier molecular flexibility index (Phi) is 5.59. The number of carbonyl (C=O) groups excluding carboxylic acids is 3. The fraction of sp³-hybridized carbons (Fsp3) is 0.211. The highest BCUT2D eigenvalue weighted by Gasteiger charge is 2.28. The lowest BCUT2D eigenvalue weighted by Crippen LogP contribution is -2.28. The molecule has 1 fully saturated rings. The first kappa shape index (κ1) is 18.4. The topological polar surface area (TPSA) is 66.5 Å². The van der Waals surface area contributed by atoms with Gasteiger partial charge in [-0.25, -0.2) is 0 Å². The van der Waals surface area contributed by atoms with Gasteiger partial charge in [-0.05, 0) is 35.4 Å². The van der Waals surface area contributed by atoms with Crippen LogP contribution in [0.25, 0.3) is 0 Å². The van der Waals surface area contributed by atoms with Crippen LogP contribution in [0.4, 0.5) is 0 Å². The number of nitrogens with zero attached hydrogens (tertiary/aromatic N) is 1. The Morgan fingerprint density at radius 1 is 1.00 bits per heavy atom. The van der Waals surface area contributed by atoms with Crippen LogP contribution in [0.3, 0.4) is 0 Å². The average Bonchev–Trinajstić information content (AvgIpc) is 2.93. The number of likely N-dealkylation sites (tertiary alicyclic amines) is 1. The van der Waals surface area contributed by atoms with E-state index >= 15 is 0 Å². The summed E-state index contributed by atoms with van der Waals surface area (Å²) in [6, 6.07) is 11.9. The third-order valence-electron chi connectivity index (χ3n) is 4.17. The van der Waals surface area contributed by atoms with Gasteiger partial charge >= 0.3 is 0 Å². The molecule has 1 heterocycles. The quantitative estimate of drug-likeness (QED) is 0.793. The molecule has 1 aliphatic rings. The van der Waals surface area contributed by atoms with Gasteiger partial charge < -0.3 is 5.32 Å². The minimum Gasteiger partial charge on any atom is -0.348 e. The van der Waals surface area contributed by atoms with Gasteiger partial charge in [0, 0.05) is 35.0 Å². The molecule has 0 atom stereocenters. The van der Waals surface area contributed by atoms with E-state index in [4.69, 9.17) is 23.2 Å². The van der Waals surface area contributed by atoms with Crippen LogP contribution in [0.1, 0.15) is 34.3 Å². The highest BCUT2D eigenvalue weighted by molar-refractivity contribution is 6.35. The van der Waals surface area contributed by atoms with Crippen molar-refractivity contribution in [2.75, 3.05) is 0 Å². The maximum Gasteiger partial charge on any atom is 0.251 e. The molecule has 0 unspecified atom stereocenters. The van der Waals surface area contributed by atoms with Gasteiger partial charge in [-0.1, -0.05) is 41.4 Å². The van der Waals surface area contributed by atoms with Crippen molar-refractivity contribution in [3.8, 4) is 0 Å². The molecule has 1 aliphatic heterocycles. The first-order valence-electron chi connectivity index (χ1n) is 8.08. The van der Waals surface area contributed by atoms with Gasteiger partial charge in [0.05, 0.1) is 6.54 Å². The number of hydrogen-bond donors (Lipinski definition) is 1. The SMILES string of the molecule is O=C(NCc1ccc(Cl)cc1Cl)c1ccc(CN2C(=O)CCC2=O)cc1. The van der Waals surface area contributed by atoms with Crippen LogP contribution in [0.5, 0.6) is 0 Å². The third kappa shape index (κ3) is 4.23. The van der Waals surface area contributed by atoms with Gasteiger partial charge in [0.1, 0.15) is 0 Å². The highest BCUT2D eigenvalue weighted by atomic mass is 35.5. The molecule has 3 rings (SSSR count). The van der Waals surface area contributed by atoms with E-state index in [-0.39, 0.29) is 43.7 Å². The highest BCUT2D eigenvalue weighted by Crippen LogP contribution is 2.21. The number of benzene rings is 2. The van der Waals surface area contributed by atoms with Crippen LogP contribution in [0.15, 0.2) is 42.5 Å². The summed E-state index contributed by atoms with van der Waals surface area (Å²) in [5, 5.41) is 3.83. The second kappa shape index (κ2) is 7.89. The first-order chi connectivity index (χ1) is 12.4. The summed E-state index contributed by atoms with van der Waals surface area (Å²) in [7, 11) is 0. The Morgan fingerprint density at radius 3 is 2.27 bits per heavy atom. The lowest BCUT2D eigenvalue weighted by molar-refractivity contribution is -0.139. The van der Waals surface area contributed by atoms with E-state index in [1.807, 2.05) is 0 Å². The van der Waals surface area contributed by atoms with Gasteiger partial charge in [0.2, 0.25) is 11.8 Å². The smallest absolute Gasteiger partial charge is 0.251 e. The van der Waals surface area contributed by atoms with Gasteiger partial charge in [0.25, 0.3) is 5.91 Å². The second-order valence-electron chi connectivity index (χ2n) is 5.99. The van der Waals surface area contributed by atoms with E-state index in [2.05, 4.69) is 5.32 Å². The van der Waals surface area contributed by atoms with Crippen LogP contribution in [-0.4, -0.2) is 22.6 Å². The summed E-state index contributed by atoms with van der Waals surface area (Å²) in [6.45, 7) is 0.521. The molecule has 0 bridgehead atoms. The van der Waals surface area contributed by atoms with Gasteiger partial charge in [0.15, 0.2) is 0 Å². The number of rotatable bonds is 5. The molecule has 3 amide bonds. The normalized spacial score (nSPS) is 14.0. The number of nitrogens with one attached hydrogen (secondary N) is 1. The predicted molar refractivity (Wildman–Crippen MR) is 98.9 cm³/mol. The van der Waals surface area contributed by atoms with Crippen molar-refractivity contribution in [1.82, 2.24) is 10.2 Å². The molecule has 0 spiro atoms. The van der Waals surface area contributed by atoms with Crippen LogP contribution >= 0.6 is 23.2 Å². The van der Waals surface area contributed by atoms with Crippen molar-refractivity contribution >= 4 is 40.9 Å². The van der Waals surface area contributed by atoms with E-state index in [0.29, 0.717) is 15.6 Å². The van der Waals surface area contributed by atoms with Crippen LogP contribution in [0.2, 0.25) is 10.0 Å². The van der Waals surface area contributed by atoms with Crippen molar-refractivity contribution in [3.63, 3.8) is 0 Å². The van der Waals surface area contributed by atoms with Crippen molar-refractivity contribution in [2.45, 2.75) is 25.9 Å². The fourth-order valence-corrected chi connectivity index (χ4v) is 3.16. The standard InChI is InChI=1S/C19H16Cl2N2O3/c20-15-6-5-14(16(21)9-15)10-22-19(26)13-3-1-12(2-4-13)11-23-17(24)7-8-18(23)25/h1-6,9H,7-8,10-11H2,(H,22,26). The molecular formula is C19H16Cl2N2O3. The minimum absolute atomic E-state index is 0.156. The van der Waals surface area contributed by atoms with Crippen LogP contribution in [0, 0.1) is 0 Å². The average molecular weight is 391 g/mol. The van der Waals surface area contributed by atoms with Crippen LogP contribution < -0.4 is 5.32 Å². The van der Waals surface area contributed by atoms with E-state index in [1.165, 1.54) is 4.90 Å². The largest absolute Gasteiger partial charge is 0.348 e.